The van der Waals surface area contributed by atoms with Gasteiger partial charge in [-0.2, -0.15) is 0 Å². The molecule has 0 amide bonds. The molecule has 1 saturated heterocycles. The normalized spacial score (nSPS) is 19.4. The molecule has 2 heterocycles. The molecule has 0 saturated carbocycles. The highest BCUT2D eigenvalue weighted by Gasteiger charge is 2.28. The fraction of sp³-hybridized carbons (Fsp3) is 0.571. The van der Waals surface area contributed by atoms with Gasteiger partial charge in [0.2, 0.25) is 0 Å². The van der Waals surface area contributed by atoms with Crippen molar-refractivity contribution in [3.63, 3.8) is 0 Å². The van der Waals surface area contributed by atoms with E-state index in [2.05, 4.69) is 22.2 Å². The molecule has 0 radical (unpaired) electrons. The lowest BCUT2D eigenvalue weighted by Crippen LogP contribution is -2.73. The minimum Gasteiger partial charge on any atom is -0.418 e. The van der Waals surface area contributed by atoms with Crippen molar-refractivity contribution in [1.29, 1.82) is 0 Å². The summed E-state index contributed by atoms with van der Waals surface area (Å²) in [5, 5.41) is 2.64. The molecule has 0 aromatic rings. The van der Waals surface area contributed by atoms with E-state index in [4.69, 9.17) is 0 Å². The van der Waals surface area contributed by atoms with Gasteiger partial charge in [-0.3, -0.25) is 4.90 Å². The number of hydrogen-bond acceptors (Lipinski definition) is 3. The van der Waals surface area contributed by atoms with E-state index in [1.54, 1.807) is 11.8 Å². The van der Waals surface area contributed by atoms with Gasteiger partial charge in [0.1, 0.15) is 6.54 Å². The summed E-state index contributed by atoms with van der Waals surface area (Å²) in [5.74, 6) is 1.23. The fourth-order valence-corrected chi connectivity index (χ4v) is 2.76. The van der Waals surface area contributed by atoms with Crippen molar-refractivity contribution < 1.29 is 22.3 Å². The van der Waals surface area contributed by atoms with Crippen LogP contribution in [0, 0.1) is 0 Å². The summed E-state index contributed by atoms with van der Waals surface area (Å²) in [5.41, 5.74) is 0. The quantitative estimate of drug-likeness (QED) is 0.568. The number of fused-ring (bicyclic) bond motifs is 1. The maximum Gasteiger partial charge on any atom is 0.673 e. The van der Waals surface area contributed by atoms with Gasteiger partial charge in [-0.15, -0.1) is 0 Å². The van der Waals surface area contributed by atoms with Crippen LogP contribution in [0.25, 0.3) is 0 Å². The van der Waals surface area contributed by atoms with Crippen LogP contribution in [0.4, 0.5) is 17.3 Å². The summed E-state index contributed by atoms with van der Waals surface area (Å²) in [6.45, 7) is 2.29. The Balaban J connectivity index is 0.000000221. The first-order valence-corrected chi connectivity index (χ1v) is 6.74. The second kappa shape index (κ2) is 5.86. The predicted molar refractivity (Wildman–Crippen MR) is 61.8 cm³/mol. The van der Waals surface area contributed by atoms with E-state index in [0.29, 0.717) is 0 Å². The zero-order valence-electron chi connectivity index (χ0n) is 8.55. The third kappa shape index (κ3) is 5.15. The molecule has 0 aliphatic carbocycles. The summed E-state index contributed by atoms with van der Waals surface area (Å²) in [7, 11) is -6.00. The number of thioether (sulfide) groups is 2. The van der Waals surface area contributed by atoms with Gasteiger partial charge >= 0.3 is 12.4 Å². The topological polar surface area (TPSA) is 17.2 Å². The molecule has 2 nitrogen and oxygen atoms in total. The Kier molecular flexibility index (Phi) is 5.04. The fourth-order valence-electron chi connectivity index (χ4n) is 1.22. The summed E-state index contributed by atoms with van der Waals surface area (Å²) in [6, 6.07) is 0. The van der Waals surface area contributed by atoms with Crippen LogP contribution in [0.2, 0.25) is 0 Å². The number of amidine groups is 1. The Morgan fingerprint density at radius 3 is 2.62 bits per heavy atom. The molecular weight excluding hydrogens is 263 g/mol. The molecule has 2 rings (SSSR count). The highest BCUT2D eigenvalue weighted by Crippen LogP contribution is 2.17. The van der Waals surface area contributed by atoms with Crippen LogP contribution >= 0.6 is 23.5 Å². The molecular formula is C7H11BF4N2S2. The van der Waals surface area contributed by atoms with Crippen molar-refractivity contribution in [2.45, 2.75) is 0 Å². The highest BCUT2D eigenvalue weighted by molar-refractivity contribution is 8.13. The van der Waals surface area contributed by atoms with Crippen molar-refractivity contribution in [3.8, 4) is 0 Å². The van der Waals surface area contributed by atoms with Crippen molar-refractivity contribution in [2.24, 2.45) is 0 Å². The Morgan fingerprint density at radius 2 is 2.06 bits per heavy atom. The minimum absolute atomic E-state index is 1.09. The number of hydrogen-bond donors (Lipinski definition) is 1. The largest absolute Gasteiger partial charge is 0.673 e. The molecule has 0 spiro atoms. The zero-order chi connectivity index (χ0) is 12.2. The molecule has 0 unspecified atom stereocenters. The van der Waals surface area contributed by atoms with Gasteiger partial charge in [-0.05, 0) is 18.0 Å². The average Bonchev–Trinajstić information content (AvgIpc) is 2.61. The maximum atomic E-state index is 9.75. The minimum atomic E-state index is -6.00. The number of halogens is 4. The van der Waals surface area contributed by atoms with Crippen LogP contribution in [0.1, 0.15) is 0 Å². The third-order valence-electron chi connectivity index (χ3n) is 1.83. The first kappa shape index (κ1) is 13.8. The van der Waals surface area contributed by atoms with E-state index >= 15 is 0 Å². The van der Waals surface area contributed by atoms with Crippen molar-refractivity contribution >= 4 is 35.9 Å². The Morgan fingerprint density at radius 1 is 1.44 bits per heavy atom. The van der Waals surface area contributed by atoms with Gasteiger partial charge in [0.05, 0.1) is 6.54 Å². The van der Waals surface area contributed by atoms with E-state index < -0.39 is 7.25 Å². The van der Waals surface area contributed by atoms with Crippen LogP contribution in [-0.4, -0.2) is 42.4 Å². The van der Waals surface area contributed by atoms with Crippen LogP contribution < -0.4 is 4.99 Å². The van der Waals surface area contributed by atoms with Gasteiger partial charge in [0.25, 0.3) is 0 Å². The molecule has 0 atom stereocenters. The lowest BCUT2D eigenvalue weighted by molar-refractivity contribution is -0.387. The van der Waals surface area contributed by atoms with Crippen molar-refractivity contribution in [1.82, 2.24) is 4.90 Å². The molecule has 0 aromatic heterocycles. The Hall–Kier alpha value is -0.305. The molecule has 0 aromatic carbocycles. The predicted octanol–water partition coefficient (Wildman–Crippen LogP) is 0.990. The lowest BCUT2D eigenvalue weighted by atomic mass is 10.3. The van der Waals surface area contributed by atoms with Crippen LogP contribution in [-0.2, 0) is 0 Å². The third-order valence-corrected chi connectivity index (χ3v) is 3.56. The van der Waals surface area contributed by atoms with Crippen molar-refractivity contribution in [2.75, 3.05) is 25.1 Å². The average molecular weight is 274 g/mol. The van der Waals surface area contributed by atoms with E-state index in [0.717, 1.165) is 6.54 Å². The molecule has 92 valence electrons. The summed E-state index contributed by atoms with van der Waals surface area (Å²) in [4.78, 5) is 5.77. The molecule has 0 bridgehead atoms. The smallest absolute Gasteiger partial charge is 0.418 e. The van der Waals surface area contributed by atoms with Crippen LogP contribution in [0.3, 0.4) is 0 Å². The van der Waals surface area contributed by atoms with Crippen LogP contribution in [0.15, 0.2) is 11.1 Å². The van der Waals surface area contributed by atoms with Gasteiger partial charge in [0.15, 0.2) is 5.03 Å². The Labute approximate surface area is 99.7 Å². The number of rotatable bonds is 1. The molecule has 16 heavy (non-hydrogen) atoms. The molecule has 2 aliphatic heterocycles. The van der Waals surface area contributed by atoms with Crippen LogP contribution in [0.5, 0.6) is 0 Å². The van der Waals surface area contributed by atoms with E-state index in [1.807, 2.05) is 11.8 Å². The van der Waals surface area contributed by atoms with Crippen molar-refractivity contribution in [3.05, 3.63) is 11.1 Å². The monoisotopic (exact) mass is 274 g/mol. The summed E-state index contributed by atoms with van der Waals surface area (Å²) >= 11 is 3.71. The molecule has 1 N–H and O–H groups in total. The summed E-state index contributed by atoms with van der Waals surface area (Å²) in [6.07, 6.45) is 4.36. The first-order chi connectivity index (χ1) is 7.40. The molecule has 2 aliphatic rings. The Bertz CT molecular complexity index is 299. The number of nitrogens with one attached hydrogen (secondary N) is 1. The molecule has 1 fully saturated rings. The zero-order valence-corrected chi connectivity index (χ0v) is 10.2. The summed E-state index contributed by atoms with van der Waals surface area (Å²) < 4.78 is 39.0. The highest BCUT2D eigenvalue weighted by atomic mass is 32.2. The SMILES string of the molecule is CSC1=CCN2CCSC2=[NH+]1.F[B-](F)(F)F. The number of nitrogens with zero attached hydrogens (tertiary/aromatic N) is 1. The lowest BCUT2D eigenvalue weighted by Gasteiger charge is -2.11. The van der Waals surface area contributed by atoms with Gasteiger partial charge < -0.3 is 17.3 Å². The maximum absolute atomic E-state index is 9.75. The second-order valence-corrected chi connectivity index (χ2v) is 4.92. The molecule has 9 heteroatoms. The van der Waals surface area contributed by atoms with E-state index in [1.165, 1.54) is 22.5 Å². The standard InChI is InChI=1S/C7H10N2S2.BF4/c1-10-6-2-3-9-4-5-11-7(9)8-6;2-1(3,4)5/h2H,3-5H2,1H3;/q;-1/p+1. The van der Waals surface area contributed by atoms with E-state index in [-0.39, 0.29) is 0 Å². The van der Waals surface area contributed by atoms with Gasteiger partial charge in [0, 0.05) is 11.8 Å². The van der Waals surface area contributed by atoms with Gasteiger partial charge in [-0.25, -0.2) is 4.99 Å². The first-order valence-electron chi connectivity index (χ1n) is 4.53. The second-order valence-electron chi connectivity index (χ2n) is 2.99. The van der Waals surface area contributed by atoms with Gasteiger partial charge in [-0.1, -0.05) is 11.8 Å². The van der Waals surface area contributed by atoms with E-state index in [9.17, 15) is 17.3 Å².